The van der Waals surface area contributed by atoms with Gasteiger partial charge in [0, 0.05) is 44.0 Å². The summed E-state index contributed by atoms with van der Waals surface area (Å²) in [5, 5.41) is 8.63. The second kappa shape index (κ2) is 9.61. The molecule has 0 N–H and O–H groups in total. The van der Waals surface area contributed by atoms with Gasteiger partial charge in [-0.25, -0.2) is 14.6 Å². The summed E-state index contributed by atoms with van der Waals surface area (Å²) < 4.78 is 48.2. The summed E-state index contributed by atoms with van der Waals surface area (Å²) in [5.74, 6) is 2.12. The Balaban J connectivity index is 1.29. The van der Waals surface area contributed by atoms with Crippen LogP contribution in [0, 0.1) is 6.92 Å². The van der Waals surface area contributed by atoms with Crippen molar-refractivity contribution in [2.24, 2.45) is 0 Å². The van der Waals surface area contributed by atoms with E-state index in [-0.39, 0.29) is 5.75 Å². The highest BCUT2D eigenvalue weighted by atomic mass is 19.4. The third-order valence-electron chi connectivity index (χ3n) is 5.94. The van der Waals surface area contributed by atoms with Crippen LogP contribution < -0.4 is 9.64 Å². The van der Waals surface area contributed by atoms with Gasteiger partial charge in [0.05, 0.1) is 6.54 Å². The first-order chi connectivity index (χ1) is 17.2. The minimum atomic E-state index is -4.74. The number of hydrogen-bond donors (Lipinski definition) is 0. The Bertz CT molecular complexity index is 1330. The fourth-order valence-corrected chi connectivity index (χ4v) is 3.96. The van der Waals surface area contributed by atoms with E-state index < -0.39 is 6.36 Å². The fourth-order valence-electron chi connectivity index (χ4n) is 3.96. The summed E-state index contributed by atoms with van der Waals surface area (Å²) in [6.07, 6.45) is -2.93. The lowest BCUT2D eigenvalue weighted by molar-refractivity contribution is -0.274. The number of pyridine rings is 1. The Morgan fingerprint density at radius 2 is 1.78 bits per heavy atom. The average Bonchev–Trinajstić information content (AvgIpc) is 3.47. The molecule has 1 aliphatic heterocycles. The molecule has 4 aromatic rings. The molecule has 0 radical (unpaired) electrons. The van der Waals surface area contributed by atoms with Crippen LogP contribution in [-0.2, 0) is 6.54 Å². The second-order valence-corrected chi connectivity index (χ2v) is 8.60. The number of piperazine rings is 1. The van der Waals surface area contributed by atoms with Crippen molar-refractivity contribution in [3.8, 4) is 28.6 Å². The molecule has 0 unspecified atom stereocenters. The maximum Gasteiger partial charge on any atom is 0.573 e. The number of hydrogen-bond acceptors (Lipinski definition) is 8. The van der Waals surface area contributed by atoms with Crippen molar-refractivity contribution in [1.29, 1.82) is 0 Å². The third-order valence-corrected chi connectivity index (χ3v) is 5.94. The highest BCUT2D eigenvalue weighted by Gasteiger charge is 2.31. The molecule has 5 rings (SSSR count). The van der Waals surface area contributed by atoms with Crippen LogP contribution in [0.4, 0.5) is 19.0 Å². The summed E-state index contributed by atoms with van der Waals surface area (Å²) in [6, 6.07) is 11.0. The Morgan fingerprint density at radius 3 is 2.50 bits per heavy atom. The zero-order chi connectivity index (χ0) is 25.3. The maximum absolute atomic E-state index is 12.4. The monoisotopic (exact) mass is 499 g/mol. The highest BCUT2D eigenvalue weighted by Crippen LogP contribution is 2.28. The van der Waals surface area contributed by atoms with Crippen molar-refractivity contribution in [2.45, 2.75) is 19.8 Å². The van der Waals surface area contributed by atoms with Crippen molar-refractivity contribution in [3.05, 3.63) is 60.0 Å². The molecule has 1 saturated heterocycles. The van der Waals surface area contributed by atoms with Crippen molar-refractivity contribution in [1.82, 2.24) is 29.8 Å². The van der Waals surface area contributed by atoms with Gasteiger partial charge >= 0.3 is 6.36 Å². The standard InChI is InChI=1S/C24H24F3N7O2/c1-16-29-23(20-14-21(36-31-20)18-3-5-19(6-4-18)35-24(25,26)27)30-34(16)15-17-7-8-28-22(13-17)33-11-9-32(2)10-12-33/h3-8,13-14H,9-12,15H2,1-2H3. The number of aryl methyl sites for hydroxylation is 1. The number of anilines is 1. The predicted molar refractivity (Wildman–Crippen MR) is 125 cm³/mol. The first-order valence-corrected chi connectivity index (χ1v) is 11.4. The summed E-state index contributed by atoms with van der Waals surface area (Å²) in [7, 11) is 2.12. The summed E-state index contributed by atoms with van der Waals surface area (Å²) in [4.78, 5) is 13.6. The molecule has 12 heteroatoms. The van der Waals surface area contributed by atoms with Crippen molar-refractivity contribution in [2.75, 3.05) is 38.1 Å². The van der Waals surface area contributed by atoms with Gasteiger partial charge < -0.3 is 19.1 Å². The molecule has 4 heterocycles. The van der Waals surface area contributed by atoms with Gasteiger partial charge in [0.2, 0.25) is 5.82 Å². The Morgan fingerprint density at radius 1 is 1.03 bits per heavy atom. The van der Waals surface area contributed by atoms with Crippen LogP contribution in [-0.4, -0.2) is 69.4 Å². The second-order valence-electron chi connectivity index (χ2n) is 8.60. The van der Waals surface area contributed by atoms with Crippen molar-refractivity contribution >= 4 is 5.82 Å². The van der Waals surface area contributed by atoms with E-state index in [4.69, 9.17) is 4.52 Å². The number of benzene rings is 1. The number of alkyl halides is 3. The molecule has 188 valence electrons. The van der Waals surface area contributed by atoms with E-state index in [1.165, 1.54) is 24.3 Å². The minimum Gasteiger partial charge on any atom is -0.406 e. The SMILES string of the molecule is Cc1nc(-c2cc(-c3ccc(OC(F)(F)F)cc3)on2)nn1Cc1ccnc(N2CCN(C)CC2)c1. The van der Waals surface area contributed by atoms with Gasteiger partial charge in [-0.3, -0.25) is 0 Å². The molecule has 0 aliphatic carbocycles. The lowest BCUT2D eigenvalue weighted by Crippen LogP contribution is -2.44. The molecule has 1 fully saturated rings. The average molecular weight is 499 g/mol. The third kappa shape index (κ3) is 5.48. The molecule has 0 saturated carbocycles. The molecule has 9 nitrogen and oxygen atoms in total. The van der Waals surface area contributed by atoms with Gasteiger partial charge in [0.1, 0.15) is 17.4 Å². The molecule has 1 aliphatic rings. The Labute approximate surface area is 205 Å². The van der Waals surface area contributed by atoms with E-state index >= 15 is 0 Å². The van der Waals surface area contributed by atoms with Crippen LogP contribution >= 0.6 is 0 Å². The summed E-state index contributed by atoms with van der Waals surface area (Å²) >= 11 is 0. The Hall–Kier alpha value is -3.93. The van der Waals surface area contributed by atoms with E-state index in [1.807, 2.05) is 19.2 Å². The van der Waals surface area contributed by atoms with E-state index in [0.717, 1.165) is 37.6 Å². The molecule has 3 aromatic heterocycles. The van der Waals surface area contributed by atoms with E-state index in [0.29, 0.717) is 35.2 Å². The van der Waals surface area contributed by atoms with E-state index in [1.54, 1.807) is 10.7 Å². The lowest BCUT2D eigenvalue weighted by Gasteiger charge is -2.33. The number of likely N-dealkylation sites (N-methyl/N-ethyl adjacent to an activating group) is 1. The van der Waals surface area contributed by atoms with Gasteiger partial charge in [-0.1, -0.05) is 5.16 Å². The smallest absolute Gasteiger partial charge is 0.406 e. The van der Waals surface area contributed by atoms with Crippen LogP contribution in [0.15, 0.2) is 53.2 Å². The summed E-state index contributed by atoms with van der Waals surface area (Å²) in [6.45, 7) is 6.26. The number of ether oxygens (including phenoxy) is 1. The quantitative estimate of drug-likeness (QED) is 0.394. The molecular formula is C24H24F3N7O2. The number of nitrogens with zero attached hydrogens (tertiary/aromatic N) is 7. The maximum atomic E-state index is 12.4. The largest absolute Gasteiger partial charge is 0.573 e. The first kappa shape index (κ1) is 23.8. The minimum absolute atomic E-state index is 0.311. The van der Waals surface area contributed by atoms with Crippen LogP contribution in [0.3, 0.4) is 0 Å². The van der Waals surface area contributed by atoms with Crippen molar-refractivity contribution < 1.29 is 22.4 Å². The topological polar surface area (TPSA) is 85.3 Å². The van der Waals surface area contributed by atoms with Crippen LogP contribution in [0.2, 0.25) is 0 Å². The molecule has 0 bridgehead atoms. The van der Waals surface area contributed by atoms with Crippen LogP contribution in [0.1, 0.15) is 11.4 Å². The van der Waals surface area contributed by atoms with Crippen molar-refractivity contribution in [3.63, 3.8) is 0 Å². The number of rotatable bonds is 6. The zero-order valence-corrected chi connectivity index (χ0v) is 19.7. The van der Waals surface area contributed by atoms with E-state index in [2.05, 4.69) is 47.9 Å². The number of aromatic nitrogens is 5. The van der Waals surface area contributed by atoms with Gasteiger partial charge in [0.25, 0.3) is 0 Å². The van der Waals surface area contributed by atoms with Crippen LogP contribution in [0.25, 0.3) is 22.8 Å². The molecule has 36 heavy (non-hydrogen) atoms. The van der Waals surface area contributed by atoms with Gasteiger partial charge in [-0.2, -0.15) is 0 Å². The zero-order valence-electron chi connectivity index (χ0n) is 19.7. The molecular weight excluding hydrogens is 475 g/mol. The number of halogens is 3. The predicted octanol–water partition coefficient (Wildman–Crippen LogP) is 4.00. The molecule has 1 aromatic carbocycles. The van der Waals surface area contributed by atoms with Gasteiger partial charge in [-0.05, 0) is 55.9 Å². The molecule has 0 atom stereocenters. The van der Waals surface area contributed by atoms with Crippen LogP contribution in [0.5, 0.6) is 5.75 Å². The molecule has 0 spiro atoms. The summed E-state index contributed by atoms with van der Waals surface area (Å²) in [5.41, 5.74) is 2.03. The molecule has 0 amide bonds. The first-order valence-electron chi connectivity index (χ1n) is 11.4. The highest BCUT2D eigenvalue weighted by molar-refractivity contribution is 5.63. The van der Waals surface area contributed by atoms with Gasteiger partial charge in [0.15, 0.2) is 11.5 Å². The van der Waals surface area contributed by atoms with Gasteiger partial charge in [-0.15, -0.1) is 18.3 Å². The normalized spacial score (nSPS) is 14.9. The Kier molecular flexibility index (Phi) is 6.35. The lowest BCUT2D eigenvalue weighted by atomic mass is 10.1. The van der Waals surface area contributed by atoms with E-state index in [9.17, 15) is 13.2 Å². The fraction of sp³-hybridized carbons (Fsp3) is 0.333.